The molecular weight excluding hydrogens is 432 g/mol. The fourth-order valence-electron chi connectivity index (χ4n) is 2.17. The van der Waals surface area contributed by atoms with E-state index < -0.39 is 0 Å². The lowest BCUT2D eigenvalue weighted by Gasteiger charge is -2.17. The van der Waals surface area contributed by atoms with Crippen LogP contribution in [0.2, 0.25) is 0 Å². The van der Waals surface area contributed by atoms with E-state index in [-0.39, 0.29) is 4.83 Å². The third kappa shape index (κ3) is 3.32. The molecule has 0 aliphatic heterocycles. The first-order valence-electron chi connectivity index (χ1n) is 6.07. The molecule has 100 valence electrons. The molecule has 0 nitrogen and oxygen atoms in total. The third-order valence-corrected chi connectivity index (χ3v) is 5.66. The first-order chi connectivity index (χ1) is 8.90. The highest BCUT2D eigenvalue weighted by Gasteiger charge is 2.16. The minimum atomic E-state index is 0.229. The lowest BCUT2D eigenvalue weighted by Crippen LogP contribution is -1.99. The van der Waals surface area contributed by atoms with Crippen molar-refractivity contribution in [2.75, 3.05) is 0 Å². The second kappa shape index (κ2) is 6.11. The van der Waals surface area contributed by atoms with Crippen LogP contribution in [0.3, 0.4) is 0 Å². The molecule has 0 heterocycles. The molecule has 2 aromatic carbocycles. The van der Waals surface area contributed by atoms with Crippen LogP contribution in [0.5, 0.6) is 0 Å². The Labute approximate surface area is 140 Å². The lowest BCUT2D eigenvalue weighted by atomic mass is 9.96. The summed E-state index contributed by atoms with van der Waals surface area (Å²) >= 11 is 11.0. The summed E-state index contributed by atoms with van der Waals surface area (Å²) in [6.45, 7) is 6.43. The molecule has 0 saturated carbocycles. The van der Waals surface area contributed by atoms with E-state index in [9.17, 15) is 0 Å². The van der Waals surface area contributed by atoms with Gasteiger partial charge >= 0.3 is 0 Å². The summed E-state index contributed by atoms with van der Waals surface area (Å²) in [6, 6.07) is 10.9. The molecule has 0 aromatic heterocycles. The molecule has 0 spiro atoms. The first kappa shape index (κ1) is 15.3. The van der Waals surface area contributed by atoms with Crippen LogP contribution in [0.4, 0.5) is 0 Å². The fourth-order valence-corrected chi connectivity index (χ4v) is 4.11. The second-order valence-corrected chi connectivity index (χ2v) is 7.51. The molecular formula is C16H15Br3. The molecule has 0 bridgehead atoms. The zero-order chi connectivity index (χ0) is 14.2. The van der Waals surface area contributed by atoms with Gasteiger partial charge in [0, 0.05) is 8.95 Å². The van der Waals surface area contributed by atoms with Crippen molar-refractivity contribution in [3.05, 3.63) is 67.1 Å². The second-order valence-electron chi connectivity index (χ2n) is 4.82. The van der Waals surface area contributed by atoms with E-state index in [0.29, 0.717) is 0 Å². The van der Waals surface area contributed by atoms with E-state index >= 15 is 0 Å². The minimum Gasteiger partial charge on any atom is -0.0786 e. The molecule has 0 amide bonds. The highest BCUT2D eigenvalue weighted by atomic mass is 79.9. The van der Waals surface area contributed by atoms with Gasteiger partial charge in [0.25, 0.3) is 0 Å². The molecule has 0 aliphatic carbocycles. The van der Waals surface area contributed by atoms with Gasteiger partial charge in [-0.05, 0) is 66.8 Å². The molecule has 0 radical (unpaired) electrons. The van der Waals surface area contributed by atoms with Crippen LogP contribution in [0, 0.1) is 20.8 Å². The maximum absolute atomic E-state index is 3.85. The Morgan fingerprint density at radius 3 is 2.05 bits per heavy atom. The van der Waals surface area contributed by atoms with Crippen molar-refractivity contribution in [3.8, 4) is 0 Å². The van der Waals surface area contributed by atoms with E-state index in [1.807, 2.05) is 0 Å². The fraction of sp³-hybridized carbons (Fsp3) is 0.250. The number of benzene rings is 2. The van der Waals surface area contributed by atoms with Crippen molar-refractivity contribution >= 4 is 47.8 Å². The van der Waals surface area contributed by atoms with E-state index in [2.05, 4.69) is 98.9 Å². The molecule has 3 heteroatoms. The van der Waals surface area contributed by atoms with Gasteiger partial charge in [0.05, 0.1) is 4.83 Å². The van der Waals surface area contributed by atoms with Gasteiger partial charge in [0.2, 0.25) is 0 Å². The van der Waals surface area contributed by atoms with Gasteiger partial charge in [-0.15, -0.1) is 0 Å². The van der Waals surface area contributed by atoms with Crippen LogP contribution in [-0.4, -0.2) is 0 Å². The average molecular weight is 447 g/mol. The van der Waals surface area contributed by atoms with Gasteiger partial charge in [-0.1, -0.05) is 59.9 Å². The summed E-state index contributed by atoms with van der Waals surface area (Å²) < 4.78 is 2.29. The Kier molecular flexibility index (Phi) is 4.91. The molecule has 1 unspecified atom stereocenters. The summed E-state index contributed by atoms with van der Waals surface area (Å²) in [5.74, 6) is 0. The van der Waals surface area contributed by atoms with Crippen molar-refractivity contribution < 1.29 is 0 Å². The van der Waals surface area contributed by atoms with Crippen molar-refractivity contribution in [3.63, 3.8) is 0 Å². The van der Waals surface area contributed by atoms with Gasteiger partial charge < -0.3 is 0 Å². The van der Waals surface area contributed by atoms with Crippen molar-refractivity contribution in [2.45, 2.75) is 25.6 Å². The molecule has 0 N–H and O–H groups in total. The summed E-state index contributed by atoms with van der Waals surface area (Å²) in [6.07, 6.45) is 0. The molecule has 0 aliphatic rings. The van der Waals surface area contributed by atoms with Gasteiger partial charge in [0.1, 0.15) is 0 Å². The number of aryl methyl sites for hydroxylation is 3. The zero-order valence-corrected chi connectivity index (χ0v) is 15.9. The number of halogens is 3. The maximum Gasteiger partial charge on any atom is 0.0649 e. The van der Waals surface area contributed by atoms with E-state index in [4.69, 9.17) is 0 Å². The standard InChI is InChI=1S/C16H15Br3/c1-9-6-12(17)4-5-13(9)16(19)14-7-11(3)15(18)8-10(14)2/h4-8,16H,1-3H3. The highest BCUT2D eigenvalue weighted by Crippen LogP contribution is 2.37. The highest BCUT2D eigenvalue weighted by molar-refractivity contribution is 9.10. The van der Waals surface area contributed by atoms with Crippen LogP contribution in [0.15, 0.2) is 39.3 Å². The summed E-state index contributed by atoms with van der Waals surface area (Å²) in [5.41, 5.74) is 6.48. The maximum atomic E-state index is 3.85. The normalized spacial score (nSPS) is 12.5. The quantitative estimate of drug-likeness (QED) is 0.454. The number of rotatable bonds is 2. The molecule has 19 heavy (non-hydrogen) atoms. The van der Waals surface area contributed by atoms with Gasteiger partial charge in [-0.25, -0.2) is 0 Å². The molecule has 1 atom stereocenters. The monoisotopic (exact) mass is 444 g/mol. The van der Waals surface area contributed by atoms with Crippen LogP contribution in [0.1, 0.15) is 32.6 Å². The largest absolute Gasteiger partial charge is 0.0786 e. The Morgan fingerprint density at radius 1 is 0.789 bits per heavy atom. The minimum absolute atomic E-state index is 0.229. The van der Waals surface area contributed by atoms with Crippen molar-refractivity contribution in [2.24, 2.45) is 0 Å². The topological polar surface area (TPSA) is 0 Å². The summed E-state index contributed by atoms with van der Waals surface area (Å²) in [7, 11) is 0. The Hall–Kier alpha value is -0.120. The van der Waals surface area contributed by atoms with Gasteiger partial charge in [-0.2, -0.15) is 0 Å². The van der Waals surface area contributed by atoms with E-state index in [1.54, 1.807) is 0 Å². The lowest BCUT2D eigenvalue weighted by molar-refractivity contribution is 1.10. The Morgan fingerprint density at radius 2 is 1.42 bits per heavy atom. The first-order valence-corrected chi connectivity index (χ1v) is 8.57. The van der Waals surface area contributed by atoms with Crippen molar-refractivity contribution in [1.82, 2.24) is 0 Å². The van der Waals surface area contributed by atoms with Gasteiger partial charge in [-0.3, -0.25) is 0 Å². The Balaban J connectivity index is 2.49. The predicted octanol–water partition coefficient (Wildman–Crippen LogP) is 6.62. The predicted molar refractivity (Wildman–Crippen MR) is 93.3 cm³/mol. The van der Waals surface area contributed by atoms with E-state index in [0.717, 1.165) is 4.47 Å². The summed E-state index contributed by atoms with van der Waals surface area (Å²) in [4.78, 5) is 0.229. The Bertz CT molecular complexity index is 618. The molecule has 2 aromatic rings. The number of hydrogen-bond acceptors (Lipinski definition) is 0. The van der Waals surface area contributed by atoms with Crippen LogP contribution in [0.25, 0.3) is 0 Å². The zero-order valence-electron chi connectivity index (χ0n) is 11.1. The average Bonchev–Trinajstić information content (AvgIpc) is 2.33. The van der Waals surface area contributed by atoms with Crippen LogP contribution in [-0.2, 0) is 0 Å². The number of hydrogen-bond donors (Lipinski definition) is 0. The summed E-state index contributed by atoms with van der Waals surface area (Å²) in [5, 5.41) is 0. The van der Waals surface area contributed by atoms with Crippen LogP contribution >= 0.6 is 47.8 Å². The number of alkyl halides is 1. The smallest absolute Gasteiger partial charge is 0.0649 e. The van der Waals surface area contributed by atoms with Crippen LogP contribution < -0.4 is 0 Å². The SMILES string of the molecule is Cc1cc(C(Br)c2ccc(Br)cc2C)c(C)cc1Br. The third-order valence-electron chi connectivity index (χ3n) is 3.33. The van der Waals surface area contributed by atoms with Gasteiger partial charge in [0.15, 0.2) is 0 Å². The van der Waals surface area contributed by atoms with E-state index in [1.165, 1.54) is 32.3 Å². The molecule has 2 rings (SSSR count). The molecule has 0 fully saturated rings. The molecule has 0 saturated heterocycles. The van der Waals surface area contributed by atoms with Crippen molar-refractivity contribution in [1.29, 1.82) is 0 Å².